The summed E-state index contributed by atoms with van der Waals surface area (Å²) >= 11 is 1.74. The van der Waals surface area contributed by atoms with Gasteiger partial charge < -0.3 is 9.88 Å². The van der Waals surface area contributed by atoms with Crippen molar-refractivity contribution in [1.82, 2.24) is 20.1 Å². The van der Waals surface area contributed by atoms with E-state index >= 15 is 0 Å². The average Bonchev–Trinajstić information content (AvgIpc) is 2.58. The van der Waals surface area contributed by atoms with Crippen LogP contribution >= 0.6 is 11.8 Å². The summed E-state index contributed by atoms with van der Waals surface area (Å²) < 4.78 is 1.94. The van der Waals surface area contributed by atoms with Crippen molar-refractivity contribution >= 4 is 11.8 Å². The zero-order valence-corrected chi connectivity index (χ0v) is 9.84. The summed E-state index contributed by atoms with van der Waals surface area (Å²) in [4.78, 5) is 0. The highest BCUT2D eigenvalue weighted by atomic mass is 32.2. The fourth-order valence-electron chi connectivity index (χ4n) is 1.05. The van der Waals surface area contributed by atoms with Gasteiger partial charge in [0.1, 0.15) is 6.33 Å². The minimum absolute atomic E-state index is 0.525. The Balaban J connectivity index is 2.23. The fourth-order valence-corrected chi connectivity index (χ4v) is 1.93. The van der Waals surface area contributed by atoms with Crippen LogP contribution in [0, 0.1) is 0 Å². The lowest BCUT2D eigenvalue weighted by atomic mass is 10.3. The van der Waals surface area contributed by atoms with Crippen LogP contribution in [-0.4, -0.2) is 33.1 Å². The Hall–Kier alpha value is -0.550. The summed E-state index contributed by atoms with van der Waals surface area (Å²) in [5.74, 6) is 1.03. The predicted molar refractivity (Wildman–Crippen MR) is 59.5 cm³/mol. The Labute approximate surface area is 89.5 Å². The standard InChI is InChI=1S/C9H18N4S/c1-4-5-10-8(2)6-14-9-12-11-7-13(9)3/h7-8,10H,4-6H2,1-3H3. The van der Waals surface area contributed by atoms with E-state index in [1.165, 1.54) is 6.42 Å². The molecule has 0 aliphatic rings. The number of hydrogen-bond donors (Lipinski definition) is 1. The van der Waals surface area contributed by atoms with Crippen LogP contribution in [0.2, 0.25) is 0 Å². The van der Waals surface area contributed by atoms with E-state index in [9.17, 15) is 0 Å². The van der Waals surface area contributed by atoms with E-state index in [0.717, 1.165) is 17.5 Å². The Morgan fingerprint density at radius 1 is 1.64 bits per heavy atom. The van der Waals surface area contributed by atoms with Crippen molar-refractivity contribution < 1.29 is 0 Å². The highest BCUT2D eigenvalue weighted by Crippen LogP contribution is 2.14. The molecule has 1 atom stereocenters. The molecule has 0 radical (unpaired) electrons. The summed E-state index contributed by atoms with van der Waals surface area (Å²) in [5.41, 5.74) is 0. The molecular weight excluding hydrogens is 196 g/mol. The van der Waals surface area contributed by atoms with Crippen molar-refractivity contribution in [3.05, 3.63) is 6.33 Å². The Morgan fingerprint density at radius 2 is 2.43 bits per heavy atom. The van der Waals surface area contributed by atoms with Crippen molar-refractivity contribution in [3.63, 3.8) is 0 Å². The maximum atomic E-state index is 4.02. The second-order valence-electron chi connectivity index (χ2n) is 3.39. The predicted octanol–water partition coefficient (Wildman–Crippen LogP) is 1.30. The van der Waals surface area contributed by atoms with Gasteiger partial charge in [0.05, 0.1) is 0 Å². The number of aryl methyl sites for hydroxylation is 1. The third kappa shape index (κ3) is 3.67. The van der Waals surface area contributed by atoms with Crippen molar-refractivity contribution in [2.45, 2.75) is 31.5 Å². The molecular formula is C9H18N4S. The number of hydrogen-bond acceptors (Lipinski definition) is 4. The molecule has 0 saturated carbocycles. The van der Waals surface area contributed by atoms with Gasteiger partial charge in [0, 0.05) is 18.8 Å². The van der Waals surface area contributed by atoms with Gasteiger partial charge in [-0.25, -0.2) is 0 Å². The molecule has 1 rings (SSSR count). The second kappa shape index (κ2) is 6.03. The molecule has 0 spiro atoms. The molecule has 14 heavy (non-hydrogen) atoms. The molecule has 80 valence electrons. The lowest BCUT2D eigenvalue weighted by Crippen LogP contribution is -2.28. The van der Waals surface area contributed by atoms with Gasteiger partial charge in [-0.1, -0.05) is 18.7 Å². The first-order valence-corrected chi connectivity index (χ1v) is 5.92. The molecule has 5 heteroatoms. The molecule has 1 unspecified atom stereocenters. The molecule has 1 aromatic heterocycles. The molecule has 1 aromatic rings. The zero-order chi connectivity index (χ0) is 10.4. The van der Waals surface area contributed by atoms with Crippen molar-refractivity contribution in [2.75, 3.05) is 12.3 Å². The van der Waals surface area contributed by atoms with Crippen LogP contribution in [0.3, 0.4) is 0 Å². The quantitative estimate of drug-likeness (QED) is 0.725. The van der Waals surface area contributed by atoms with Crippen LogP contribution in [-0.2, 0) is 7.05 Å². The molecule has 0 aliphatic carbocycles. The van der Waals surface area contributed by atoms with E-state index in [1.54, 1.807) is 18.1 Å². The first-order chi connectivity index (χ1) is 6.74. The molecule has 0 aromatic carbocycles. The van der Waals surface area contributed by atoms with Crippen LogP contribution in [0.1, 0.15) is 20.3 Å². The number of nitrogens with zero attached hydrogens (tertiary/aromatic N) is 3. The van der Waals surface area contributed by atoms with Gasteiger partial charge in [-0.2, -0.15) is 0 Å². The van der Waals surface area contributed by atoms with Crippen LogP contribution < -0.4 is 5.32 Å². The number of thioether (sulfide) groups is 1. The van der Waals surface area contributed by atoms with Gasteiger partial charge in [0.15, 0.2) is 5.16 Å². The number of aromatic nitrogens is 3. The summed E-state index contributed by atoms with van der Waals surface area (Å²) in [7, 11) is 1.96. The average molecular weight is 214 g/mol. The smallest absolute Gasteiger partial charge is 0.190 e. The number of rotatable bonds is 6. The van der Waals surface area contributed by atoms with Gasteiger partial charge in [-0.15, -0.1) is 10.2 Å². The van der Waals surface area contributed by atoms with E-state index in [1.807, 2.05) is 11.6 Å². The van der Waals surface area contributed by atoms with E-state index in [0.29, 0.717) is 6.04 Å². The van der Waals surface area contributed by atoms with Gasteiger partial charge in [0.25, 0.3) is 0 Å². The van der Waals surface area contributed by atoms with E-state index in [-0.39, 0.29) is 0 Å². The fraction of sp³-hybridized carbons (Fsp3) is 0.778. The van der Waals surface area contributed by atoms with Crippen LogP contribution in [0.5, 0.6) is 0 Å². The molecule has 0 saturated heterocycles. The Bertz CT molecular complexity index is 261. The van der Waals surface area contributed by atoms with Gasteiger partial charge in [0.2, 0.25) is 0 Å². The van der Waals surface area contributed by atoms with Crippen LogP contribution in [0.4, 0.5) is 0 Å². The zero-order valence-electron chi connectivity index (χ0n) is 9.03. The van der Waals surface area contributed by atoms with Gasteiger partial charge >= 0.3 is 0 Å². The molecule has 0 amide bonds. The van der Waals surface area contributed by atoms with Crippen molar-refractivity contribution in [2.24, 2.45) is 7.05 Å². The monoisotopic (exact) mass is 214 g/mol. The lowest BCUT2D eigenvalue weighted by Gasteiger charge is -2.11. The Kier molecular flexibility index (Phi) is 4.97. The van der Waals surface area contributed by atoms with Crippen molar-refractivity contribution in [1.29, 1.82) is 0 Å². The van der Waals surface area contributed by atoms with Crippen LogP contribution in [0.15, 0.2) is 11.5 Å². The summed E-state index contributed by atoms with van der Waals surface area (Å²) in [5, 5.41) is 12.3. The summed E-state index contributed by atoms with van der Waals surface area (Å²) in [6.45, 7) is 5.45. The molecule has 0 aliphatic heterocycles. The van der Waals surface area contributed by atoms with E-state index < -0.39 is 0 Å². The maximum absolute atomic E-state index is 4.02. The molecule has 1 N–H and O–H groups in total. The van der Waals surface area contributed by atoms with E-state index in [4.69, 9.17) is 0 Å². The van der Waals surface area contributed by atoms with Gasteiger partial charge in [-0.05, 0) is 19.9 Å². The highest BCUT2D eigenvalue weighted by Gasteiger charge is 2.05. The van der Waals surface area contributed by atoms with Crippen LogP contribution in [0.25, 0.3) is 0 Å². The van der Waals surface area contributed by atoms with E-state index in [2.05, 4.69) is 29.4 Å². The summed E-state index contributed by atoms with van der Waals surface area (Å²) in [6.07, 6.45) is 2.91. The largest absolute Gasteiger partial charge is 0.313 e. The van der Waals surface area contributed by atoms with Crippen molar-refractivity contribution in [3.8, 4) is 0 Å². The minimum Gasteiger partial charge on any atom is -0.313 e. The second-order valence-corrected chi connectivity index (χ2v) is 4.38. The highest BCUT2D eigenvalue weighted by molar-refractivity contribution is 7.99. The molecule has 1 heterocycles. The molecule has 0 fully saturated rings. The maximum Gasteiger partial charge on any atom is 0.190 e. The first-order valence-electron chi connectivity index (χ1n) is 4.94. The minimum atomic E-state index is 0.525. The Morgan fingerprint density at radius 3 is 3.00 bits per heavy atom. The topological polar surface area (TPSA) is 42.7 Å². The lowest BCUT2D eigenvalue weighted by molar-refractivity contribution is 0.589. The first kappa shape index (κ1) is 11.5. The number of nitrogens with one attached hydrogen (secondary N) is 1. The SMILES string of the molecule is CCCNC(C)CSc1nncn1C. The van der Waals surface area contributed by atoms with Gasteiger partial charge in [-0.3, -0.25) is 0 Å². The molecule has 4 nitrogen and oxygen atoms in total. The third-order valence-corrected chi connectivity index (χ3v) is 3.17. The summed E-state index contributed by atoms with van der Waals surface area (Å²) in [6, 6.07) is 0.525. The normalized spacial score (nSPS) is 13.1. The molecule has 0 bridgehead atoms. The third-order valence-electron chi connectivity index (χ3n) is 1.88.